The Morgan fingerprint density at radius 1 is 1.17 bits per heavy atom. The van der Waals surface area contributed by atoms with E-state index < -0.39 is 10.0 Å². The van der Waals surface area contributed by atoms with Gasteiger partial charge in [-0.25, -0.2) is 13.4 Å². The Bertz CT molecular complexity index is 1150. The van der Waals surface area contributed by atoms with Crippen molar-refractivity contribution in [2.75, 3.05) is 19.5 Å². The summed E-state index contributed by atoms with van der Waals surface area (Å²) in [4.78, 5) is 15.7. The summed E-state index contributed by atoms with van der Waals surface area (Å²) in [5, 5.41) is 2.61. The van der Waals surface area contributed by atoms with E-state index in [1.807, 2.05) is 18.2 Å². The molecule has 0 fully saturated rings. The van der Waals surface area contributed by atoms with Crippen LogP contribution in [0, 0.1) is 6.92 Å². The number of sulfonamides is 1. The van der Waals surface area contributed by atoms with Gasteiger partial charge in [-0.1, -0.05) is 12.1 Å². The zero-order valence-electron chi connectivity index (χ0n) is 17.2. The maximum atomic E-state index is 12.9. The quantitative estimate of drug-likeness (QED) is 0.617. The number of rotatable bonds is 7. The van der Waals surface area contributed by atoms with Crippen molar-refractivity contribution in [2.24, 2.45) is 0 Å². The molecule has 0 spiro atoms. The van der Waals surface area contributed by atoms with E-state index in [0.29, 0.717) is 34.3 Å². The van der Waals surface area contributed by atoms with E-state index in [4.69, 9.17) is 9.15 Å². The van der Waals surface area contributed by atoms with Gasteiger partial charge in [0.1, 0.15) is 11.5 Å². The van der Waals surface area contributed by atoms with Crippen LogP contribution in [0.15, 0.2) is 57.8 Å². The molecule has 0 saturated heterocycles. The van der Waals surface area contributed by atoms with Crippen molar-refractivity contribution in [1.29, 1.82) is 0 Å². The molecule has 1 N–H and O–H groups in total. The molecule has 3 aromatic rings. The van der Waals surface area contributed by atoms with Gasteiger partial charge < -0.3 is 14.5 Å². The molecule has 3 rings (SSSR count). The highest BCUT2D eigenvalue weighted by atomic mass is 32.2. The summed E-state index contributed by atoms with van der Waals surface area (Å²) in [7, 11) is -0.710. The minimum absolute atomic E-state index is 0.0419. The van der Waals surface area contributed by atoms with Crippen molar-refractivity contribution < 1.29 is 22.4 Å². The van der Waals surface area contributed by atoms with Crippen molar-refractivity contribution >= 4 is 21.6 Å². The van der Waals surface area contributed by atoms with Gasteiger partial charge >= 0.3 is 0 Å². The molecule has 1 amide bonds. The summed E-state index contributed by atoms with van der Waals surface area (Å²) >= 11 is 0. The van der Waals surface area contributed by atoms with Gasteiger partial charge in [-0.2, -0.15) is 4.31 Å². The zero-order chi connectivity index (χ0) is 21.9. The molecule has 0 aliphatic carbocycles. The number of oxazole rings is 1. The first-order valence-corrected chi connectivity index (χ1v) is 10.6. The number of methoxy groups -OCH3 is 1. The second kappa shape index (κ2) is 8.68. The number of hydrogen-bond donors (Lipinski definition) is 1. The smallest absolute Gasteiger partial charge is 0.243 e. The normalized spacial score (nSPS) is 11.5. The topological polar surface area (TPSA) is 102 Å². The fourth-order valence-corrected chi connectivity index (χ4v) is 4.03. The largest absolute Gasteiger partial charge is 0.496 e. The highest BCUT2D eigenvalue weighted by Crippen LogP contribution is 2.31. The third-order valence-corrected chi connectivity index (χ3v) is 6.30. The van der Waals surface area contributed by atoms with Crippen molar-refractivity contribution in [3.05, 3.63) is 60.0 Å². The molecule has 2 aromatic carbocycles. The van der Waals surface area contributed by atoms with Crippen LogP contribution in [0.4, 0.5) is 5.69 Å². The van der Waals surface area contributed by atoms with E-state index in [1.54, 1.807) is 32.2 Å². The molecule has 30 heavy (non-hydrogen) atoms. The molecule has 0 unspecified atom stereocenters. The van der Waals surface area contributed by atoms with Crippen LogP contribution in [0.1, 0.15) is 18.4 Å². The molecule has 0 radical (unpaired) electrons. The number of carbonyl (C=O) groups is 1. The highest BCUT2D eigenvalue weighted by molar-refractivity contribution is 7.89. The lowest BCUT2D eigenvalue weighted by Gasteiger charge is -2.16. The minimum atomic E-state index is -3.75. The predicted molar refractivity (Wildman–Crippen MR) is 113 cm³/mol. The lowest BCUT2D eigenvalue weighted by molar-refractivity contribution is -0.114. The van der Waals surface area contributed by atoms with Crippen LogP contribution in [0.2, 0.25) is 0 Å². The predicted octanol–water partition coefficient (Wildman–Crippen LogP) is 3.44. The number of aryl methyl sites for hydroxylation is 1. The Kier molecular flexibility index (Phi) is 6.23. The van der Waals surface area contributed by atoms with Gasteiger partial charge in [-0.05, 0) is 43.3 Å². The van der Waals surface area contributed by atoms with Crippen LogP contribution < -0.4 is 10.1 Å². The van der Waals surface area contributed by atoms with Gasteiger partial charge in [-0.3, -0.25) is 4.79 Å². The van der Waals surface area contributed by atoms with E-state index in [1.165, 1.54) is 30.4 Å². The lowest BCUT2D eigenvalue weighted by Crippen LogP contribution is -2.27. The molecule has 8 nitrogen and oxygen atoms in total. The van der Waals surface area contributed by atoms with E-state index in [0.717, 1.165) is 0 Å². The standard InChI is InChI=1S/C21H23N3O5S/c1-14-19(23-21(29-14)18-7-5-6-8-20(18)28-4)13-24(3)30(26,27)17-11-9-16(10-12-17)22-15(2)25/h5-12H,13H2,1-4H3,(H,22,25). The van der Waals surface area contributed by atoms with Crippen LogP contribution in [0.5, 0.6) is 5.75 Å². The Labute approximate surface area is 175 Å². The first-order chi connectivity index (χ1) is 14.2. The van der Waals surface area contributed by atoms with Gasteiger partial charge in [0.25, 0.3) is 0 Å². The SMILES string of the molecule is COc1ccccc1-c1nc(CN(C)S(=O)(=O)c2ccc(NC(C)=O)cc2)c(C)o1. The maximum Gasteiger partial charge on any atom is 0.243 e. The number of nitrogens with one attached hydrogen (secondary N) is 1. The Morgan fingerprint density at radius 3 is 2.47 bits per heavy atom. The molecule has 0 aliphatic heterocycles. The average Bonchev–Trinajstić information content (AvgIpc) is 3.08. The average molecular weight is 429 g/mol. The summed E-state index contributed by atoms with van der Waals surface area (Å²) in [5.74, 6) is 1.28. The number of nitrogens with zero attached hydrogens (tertiary/aromatic N) is 2. The monoisotopic (exact) mass is 429 g/mol. The van der Waals surface area contributed by atoms with E-state index in [9.17, 15) is 13.2 Å². The van der Waals surface area contributed by atoms with Gasteiger partial charge in [0, 0.05) is 19.7 Å². The van der Waals surface area contributed by atoms with E-state index in [2.05, 4.69) is 10.3 Å². The number of benzene rings is 2. The molecule has 158 valence electrons. The van der Waals surface area contributed by atoms with Crippen LogP contribution in [0.25, 0.3) is 11.5 Å². The molecule has 0 atom stereocenters. The Balaban J connectivity index is 1.82. The van der Waals surface area contributed by atoms with Crippen molar-refractivity contribution in [1.82, 2.24) is 9.29 Å². The number of carbonyl (C=O) groups excluding carboxylic acids is 1. The van der Waals surface area contributed by atoms with Crippen LogP contribution in [-0.4, -0.2) is 37.8 Å². The summed E-state index contributed by atoms with van der Waals surface area (Å²) in [6, 6.07) is 13.3. The lowest BCUT2D eigenvalue weighted by atomic mass is 10.2. The van der Waals surface area contributed by atoms with Gasteiger partial charge in [-0.15, -0.1) is 0 Å². The number of para-hydroxylation sites is 1. The summed E-state index contributed by atoms with van der Waals surface area (Å²) in [6.07, 6.45) is 0. The maximum absolute atomic E-state index is 12.9. The van der Waals surface area contributed by atoms with Crippen molar-refractivity contribution in [3.63, 3.8) is 0 Å². The number of anilines is 1. The molecule has 0 bridgehead atoms. The van der Waals surface area contributed by atoms with E-state index in [-0.39, 0.29) is 17.3 Å². The molecule has 1 heterocycles. The Morgan fingerprint density at radius 2 is 1.83 bits per heavy atom. The second-order valence-corrected chi connectivity index (χ2v) is 8.73. The first-order valence-electron chi connectivity index (χ1n) is 9.16. The van der Waals surface area contributed by atoms with Crippen LogP contribution >= 0.6 is 0 Å². The summed E-state index contributed by atoms with van der Waals surface area (Å²) < 4.78 is 38.1. The molecule has 1 aromatic heterocycles. The third-order valence-electron chi connectivity index (χ3n) is 4.49. The highest BCUT2D eigenvalue weighted by Gasteiger charge is 2.24. The summed E-state index contributed by atoms with van der Waals surface area (Å²) in [6.45, 7) is 3.17. The zero-order valence-corrected chi connectivity index (χ0v) is 18.0. The number of aromatic nitrogens is 1. The third kappa shape index (κ3) is 4.52. The van der Waals surface area contributed by atoms with Gasteiger partial charge in [0.2, 0.25) is 21.8 Å². The number of amides is 1. The molecule has 0 aliphatic rings. The second-order valence-electron chi connectivity index (χ2n) is 6.69. The molecule has 9 heteroatoms. The van der Waals surface area contributed by atoms with Gasteiger partial charge in [0.05, 0.1) is 29.8 Å². The van der Waals surface area contributed by atoms with Crippen molar-refractivity contribution in [2.45, 2.75) is 25.3 Å². The van der Waals surface area contributed by atoms with Crippen molar-refractivity contribution in [3.8, 4) is 17.2 Å². The summed E-state index contributed by atoms with van der Waals surface area (Å²) in [5.41, 5.74) is 1.73. The molecular formula is C21H23N3O5S. The minimum Gasteiger partial charge on any atom is -0.496 e. The van der Waals surface area contributed by atoms with Gasteiger partial charge in [0.15, 0.2) is 0 Å². The fourth-order valence-electron chi connectivity index (χ4n) is 2.90. The molecule has 0 saturated carbocycles. The Hall–Kier alpha value is -3.17. The van der Waals surface area contributed by atoms with Crippen LogP contribution in [0.3, 0.4) is 0 Å². The van der Waals surface area contributed by atoms with E-state index >= 15 is 0 Å². The number of hydrogen-bond acceptors (Lipinski definition) is 6. The fraction of sp³-hybridized carbons (Fsp3) is 0.238. The molecular weight excluding hydrogens is 406 g/mol. The first kappa shape index (κ1) is 21.5. The number of ether oxygens (including phenoxy) is 1. The van der Waals surface area contributed by atoms with Crippen LogP contribution in [-0.2, 0) is 21.4 Å².